The Morgan fingerprint density at radius 3 is 2.94 bits per heavy atom. The molecule has 0 aromatic carbocycles. The fraction of sp³-hybridized carbons (Fsp3) is 0.167. The molecule has 1 aromatic heterocycles. The molecule has 0 spiro atoms. The Kier molecular flexibility index (Phi) is 1.68. The molecule has 1 atom stereocenters. The summed E-state index contributed by atoms with van der Waals surface area (Å²) >= 11 is 0. The third-order valence-electron chi connectivity index (χ3n) is 3.20. The summed E-state index contributed by atoms with van der Waals surface area (Å²) in [5.41, 5.74) is 0.462. The van der Waals surface area contributed by atoms with E-state index in [-0.39, 0.29) is 11.8 Å². The highest BCUT2D eigenvalue weighted by molar-refractivity contribution is 6.20. The molecule has 1 fully saturated rings. The van der Waals surface area contributed by atoms with Crippen molar-refractivity contribution in [3.63, 3.8) is 0 Å². The smallest absolute Gasteiger partial charge is 0.255 e. The van der Waals surface area contributed by atoms with Crippen LogP contribution < -0.4 is 5.32 Å². The molecule has 1 unspecified atom stereocenters. The molecule has 0 saturated carbocycles. The highest BCUT2D eigenvalue weighted by Crippen LogP contribution is 2.41. The van der Waals surface area contributed by atoms with Crippen molar-refractivity contribution in [2.24, 2.45) is 0 Å². The maximum atomic E-state index is 12.0. The second-order valence-corrected chi connectivity index (χ2v) is 3.98. The maximum Gasteiger partial charge on any atom is 0.255 e. The summed E-state index contributed by atoms with van der Waals surface area (Å²) in [4.78, 5) is 26.7. The Labute approximate surface area is 92.0 Å². The Hall–Kier alpha value is -2.10. The first-order chi connectivity index (χ1) is 7.75. The van der Waals surface area contributed by atoms with Crippen LogP contribution in [0.2, 0.25) is 0 Å². The molecule has 1 saturated heterocycles. The Morgan fingerprint density at radius 1 is 1.31 bits per heavy atom. The molecule has 2 heterocycles. The van der Waals surface area contributed by atoms with E-state index in [1.165, 1.54) is 0 Å². The van der Waals surface area contributed by atoms with Gasteiger partial charge in [-0.1, -0.05) is 18.2 Å². The number of carbonyl (C=O) groups is 2. The van der Waals surface area contributed by atoms with Gasteiger partial charge in [-0.2, -0.15) is 0 Å². The Bertz CT molecular complexity index is 525. The minimum atomic E-state index is -0.838. The van der Waals surface area contributed by atoms with E-state index in [2.05, 4.69) is 10.3 Å². The van der Waals surface area contributed by atoms with Gasteiger partial charge in [-0.25, -0.2) is 0 Å². The molecule has 80 valence electrons. The number of hydrogen-bond acceptors (Lipinski definition) is 2. The first-order valence-electron chi connectivity index (χ1n) is 5.12. The molecule has 4 heteroatoms. The first kappa shape index (κ1) is 9.15. The largest absolute Gasteiger partial charge is 0.364 e. The lowest BCUT2D eigenvalue weighted by Crippen LogP contribution is -2.37. The standard InChI is InChI=1S/C12H10N2O2/c15-10-8-4-1-2-6-12(8,11(16)14-10)9-5-3-7-13-9/h1-5,7,13H,6H2,(H,14,15,16). The lowest BCUT2D eigenvalue weighted by atomic mass is 9.73. The van der Waals surface area contributed by atoms with Gasteiger partial charge >= 0.3 is 0 Å². The van der Waals surface area contributed by atoms with Crippen LogP contribution in [0.1, 0.15) is 12.1 Å². The van der Waals surface area contributed by atoms with Gasteiger partial charge in [0.15, 0.2) is 0 Å². The van der Waals surface area contributed by atoms with Gasteiger partial charge < -0.3 is 4.98 Å². The predicted molar refractivity (Wildman–Crippen MR) is 57.5 cm³/mol. The van der Waals surface area contributed by atoms with E-state index < -0.39 is 5.41 Å². The number of aromatic amines is 1. The topological polar surface area (TPSA) is 62.0 Å². The van der Waals surface area contributed by atoms with Crippen LogP contribution >= 0.6 is 0 Å². The van der Waals surface area contributed by atoms with Crippen molar-refractivity contribution in [2.75, 3.05) is 0 Å². The summed E-state index contributed by atoms with van der Waals surface area (Å²) < 4.78 is 0. The normalized spacial score (nSPS) is 27.6. The Morgan fingerprint density at radius 2 is 2.19 bits per heavy atom. The van der Waals surface area contributed by atoms with Crippen LogP contribution in [0.25, 0.3) is 0 Å². The first-order valence-corrected chi connectivity index (χ1v) is 5.12. The molecular formula is C12H10N2O2. The molecule has 1 aliphatic heterocycles. The SMILES string of the molecule is O=C1NC(=O)C2(c3ccc[nH]3)CC=CC=C12. The number of carbonyl (C=O) groups excluding carboxylic acids is 2. The zero-order chi connectivity index (χ0) is 11.2. The number of H-pyrrole nitrogens is 1. The van der Waals surface area contributed by atoms with E-state index in [0.29, 0.717) is 12.0 Å². The van der Waals surface area contributed by atoms with Gasteiger partial charge in [0.1, 0.15) is 5.41 Å². The zero-order valence-corrected chi connectivity index (χ0v) is 8.49. The number of imide groups is 1. The zero-order valence-electron chi connectivity index (χ0n) is 8.49. The summed E-state index contributed by atoms with van der Waals surface area (Å²) in [5.74, 6) is -0.528. The number of allylic oxidation sites excluding steroid dienone is 3. The van der Waals surface area contributed by atoms with E-state index in [4.69, 9.17) is 0 Å². The fourth-order valence-electron chi connectivity index (χ4n) is 2.40. The van der Waals surface area contributed by atoms with Crippen LogP contribution in [0.4, 0.5) is 0 Å². The monoisotopic (exact) mass is 214 g/mol. The van der Waals surface area contributed by atoms with Crippen molar-refractivity contribution in [3.05, 3.63) is 47.8 Å². The average Bonchev–Trinajstić information content (AvgIpc) is 2.88. The van der Waals surface area contributed by atoms with Crippen molar-refractivity contribution in [2.45, 2.75) is 11.8 Å². The minimum absolute atomic E-state index is 0.240. The molecular weight excluding hydrogens is 204 g/mol. The van der Waals surface area contributed by atoms with Gasteiger partial charge in [-0.3, -0.25) is 14.9 Å². The van der Waals surface area contributed by atoms with Crippen molar-refractivity contribution < 1.29 is 9.59 Å². The van der Waals surface area contributed by atoms with Gasteiger partial charge in [0.25, 0.3) is 5.91 Å². The number of fused-ring (bicyclic) bond motifs is 1. The van der Waals surface area contributed by atoms with E-state index in [1.54, 1.807) is 12.3 Å². The van der Waals surface area contributed by atoms with Gasteiger partial charge in [0.05, 0.1) is 0 Å². The summed E-state index contributed by atoms with van der Waals surface area (Å²) in [6.45, 7) is 0. The van der Waals surface area contributed by atoms with E-state index in [9.17, 15) is 9.59 Å². The molecule has 2 aliphatic rings. The van der Waals surface area contributed by atoms with Gasteiger partial charge in [-0.15, -0.1) is 0 Å². The summed E-state index contributed by atoms with van der Waals surface area (Å²) in [7, 11) is 0. The van der Waals surface area contributed by atoms with Crippen LogP contribution in [-0.4, -0.2) is 16.8 Å². The average molecular weight is 214 g/mol. The van der Waals surface area contributed by atoms with Crippen LogP contribution in [-0.2, 0) is 15.0 Å². The minimum Gasteiger partial charge on any atom is -0.364 e. The van der Waals surface area contributed by atoms with E-state index in [1.807, 2.05) is 24.3 Å². The van der Waals surface area contributed by atoms with Crippen molar-refractivity contribution in [1.29, 1.82) is 0 Å². The van der Waals surface area contributed by atoms with Crippen LogP contribution in [0.3, 0.4) is 0 Å². The van der Waals surface area contributed by atoms with Gasteiger partial charge in [0, 0.05) is 17.5 Å². The van der Waals surface area contributed by atoms with Gasteiger partial charge in [0.2, 0.25) is 5.91 Å². The number of rotatable bonds is 1. The third-order valence-corrected chi connectivity index (χ3v) is 3.20. The molecule has 16 heavy (non-hydrogen) atoms. The number of aromatic nitrogens is 1. The molecule has 1 aliphatic carbocycles. The second-order valence-electron chi connectivity index (χ2n) is 3.98. The van der Waals surface area contributed by atoms with Crippen LogP contribution in [0.5, 0.6) is 0 Å². The lowest BCUT2D eigenvalue weighted by Gasteiger charge is -2.26. The predicted octanol–water partition coefficient (Wildman–Crippen LogP) is 0.795. The van der Waals surface area contributed by atoms with Gasteiger partial charge in [-0.05, 0) is 18.6 Å². The third kappa shape index (κ3) is 0.934. The molecule has 0 bridgehead atoms. The van der Waals surface area contributed by atoms with E-state index in [0.717, 1.165) is 5.69 Å². The van der Waals surface area contributed by atoms with Crippen LogP contribution in [0.15, 0.2) is 42.1 Å². The second kappa shape index (κ2) is 2.95. The number of hydrogen-bond donors (Lipinski definition) is 2. The quantitative estimate of drug-likeness (QED) is 0.679. The molecule has 1 aromatic rings. The molecule has 4 nitrogen and oxygen atoms in total. The number of amides is 2. The molecule has 2 amide bonds. The van der Waals surface area contributed by atoms with Crippen molar-refractivity contribution in [3.8, 4) is 0 Å². The van der Waals surface area contributed by atoms with Crippen LogP contribution in [0, 0.1) is 0 Å². The van der Waals surface area contributed by atoms with E-state index >= 15 is 0 Å². The summed E-state index contributed by atoms with van der Waals surface area (Å²) in [6.07, 6.45) is 7.72. The van der Waals surface area contributed by atoms with Crippen molar-refractivity contribution in [1.82, 2.24) is 10.3 Å². The maximum absolute atomic E-state index is 12.0. The summed E-state index contributed by atoms with van der Waals surface area (Å²) in [5, 5.41) is 2.38. The fourth-order valence-corrected chi connectivity index (χ4v) is 2.40. The lowest BCUT2D eigenvalue weighted by molar-refractivity contribution is -0.126. The molecule has 3 rings (SSSR count). The number of nitrogens with one attached hydrogen (secondary N) is 2. The highest BCUT2D eigenvalue weighted by atomic mass is 16.2. The Balaban J connectivity index is 2.24. The molecule has 0 radical (unpaired) electrons. The highest BCUT2D eigenvalue weighted by Gasteiger charge is 2.52. The summed E-state index contributed by atoms with van der Waals surface area (Å²) in [6, 6.07) is 3.67. The molecule has 2 N–H and O–H groups in total. The van der Waals surface area contributed by atoms with Crippen molar-refractivity contribution >= 4 is 11.8 Å².